The Hall–Kier alpha value is -5.25. The number of benzene rings is 2. The summed E-state index contributed by atoms with van der Waals surface area (Å²) in [7, 11) is 4.25. The van der Waals surface area contributed by atoms with Crippen LogP contribution in [0.25, 0.3) is 0 Å². The third kappa shape index (κ3) is 10.4. The number of aromatic hydroxyl groups is 1. The summed E-state index contributed by atoms with van der Waals surface area (Å²) in [5.74, 6) is -2.13. The summed E-state index contributed by atoms with van der Waals surface area (Å²) in [6.45, 7) is 6.93. The Morgan fingerprint density at radius 1 is 1.10 bits per heavy atom. The number of non-ortho nitro benzene ring substituents is 1. The van der Waals surface area contributed by atoms with Crippen molar-refractivity contribution >= 4 is 35.0 Å². The molecule has 276 valence electrons. The number of carbonyl (C=O) groups excluding carboxylic acids is 3. The number of hydrogen-bond acceptors (Lipinski definition) is 11. The topological polar surface area (TPSA) is 222 Å². The van der Waals surface area contributed by atoms with Crippen LogP contribution in [0.2, 0.25) is 0 Å². The van der Waals surface area contributed by atoms with Gasteiger partial charge >= 0.3 is 6.09 Å². The number of nitrogens with one attached hydrogen (secondary N) is 2. The fourth-order valence-electron chi connectivity index (χ4n) is 5.85. The number of nitro benzene ring substituents is 1. The average molecular weight is 711 g/mol. The normalized spacial score (nSPS) is 26.0. The standard InChI is InChI=1S/C36H46N4O11/c1-19-15-25-31(42)26(18-27(33(25)50-7)39-35(44)23-11-13-24(14-12-23)40(46)47)38-34(43)20(2)9-8-10-28(48-5)32(51-36(37)45)22(4)17-21(3)30(41)29(16-19)49-6/h8-14,17-19,21,28-30,32,41-42H,15-16H2,1-7H3,(H2,37,45)(H,38,43)(H,39,44)/b10-8-,20-9+,22-17+/t19-,21+,28+,29+,30-,32+/m1/s1. The summed E-state index contributed by atoms with van der Waals surface area (Å²) in [6, 6.07) is 6.35. The summed E-state index contributed by atoms with van der Waals surface area (Å²) < 4.78 is 22.4. The molecule has 3 amide bonds. The van der Waals surface area contributed by atoms with E-state index in [9.17, 15) is 34.7 Å². The molecule has 0 aromatic heterocycles. The number of carbonyl (C=O) groups is 3. The van der Waals surface area contributed by atoms with Crippen LogP contribution in [0.5, 0.6) is 11.5 Å². The molecule has 0 saturated carbocycles. The second-order valence-electron chi connectivity index (χ2n) is 12.4. The maximum atomic E-state index is 13.4. The highest BCUT2D eigenvalue weighted by molar-refractivity contribution is 6.08. The van der Waals surface area contributed by atoms with Crippen LogP contribution in [0.15, 0.2) is 65.8 Å². The van der Waals surface area contributed by atoms with Crippen molar-refractivity contribution in [2.45, 2.75) is 65.0 Å². The Kier molecular flexibility index (Phi) is 14.3. The van der Waals surface area contributed by atoms with Gasteiger partial charge in [0, 0.05) is 49.0 Å². The van der Waals surface area contributed by atoms with Crippen molar-refractivity contribution in [3.8, 4) is 11.5 Å². The number of primary amides is 1. The molecule has 15 heteroatoms. The molecule has 0 saturated heterocycles. The number of nitrogens with two attached hydrogens (primary N) is 1. The van der Waals surface area contributed by atoms with Gasteiger partial charge in [-0.25, -0.2) is 4.79 Å². The van der Waals surface area contributed by atoms with Crippen LogP contribution in [-0.2, 0) is 25.4 Å². The minimum Gasteiger partial charge on any atom is -0.505 e. The number of nitro groups is 1. The van der Waals surface area contributed by atoms with Crippen LogP contribution in [0.3, 0.4) is 0 Å². The van der Waals surface area contributed by atoms with Crippen molar-refractivity contribution in [3.05, 3.63) is 87.0 Å². The van der Waals surface area contributed by atoms with E-state index in [-0.39, 0.29) is 57.6 Å². The van der Waals surface area contributed by atoms with Gasteiger partial charge in [-0.2, -0.15) is 0 Å². The van der Waals surface area contributed by atoms with Gasteiger partial charge in [0.1, 0.15) is 17.6 Å². The Morgan fingerprint density at radius 3 is 2.33 bits per heavy atom. The Labute approximate surface area is 296 Å². The number of fused-ring (bicyclic) bond motifs is 2. The molecule has 2 bridgehead atoms. The van der Waals surface area contributed by atoms with Gasteiger partial charge in [-0.1, -0.05) is 38.2 Å². The van der Waals surface area contributed by atoms with Gasteiger partial charge < -0.3 is 45.5 Å². The molecule has 0 fully saturated rings. The number of rotatable bonds is 7. The monoisotopic (exact) mass is 710 g/mol. The first-order valence-corrected chi connectivity index (χ1v) is 16.1. The molecule has 1 aliphatic rings. The van der Waals surface area contributed by atoms with Gasteiger partial charge in [0.05, 0.1) is 35.6 Å². The Balaban J connectivity index is 2.16. The van der Waals surface area contributed by atoms with E-state index < -0.39 is 53.2 Å². The fraction of sp³-hybridized carbons (Fsp3) is 0.417. The molecule has 0 spiro atoms. The van der Waals surface area contributed by atoms with E-state index in [1.807, 2.05) is 6.92 Å². The lowest BCUT2D eigenvalue weighted by atomic mass is 9.87. The van der Waals surface area contributed by atoms with E-state index >= 15 is 0 Å². The summed E-state index contributed by atoms with van der Waals surface area (Å²) in [6.07, 6.45) is 2.34. The van der Waals surface area contributed by atoms with Gasteiger partial charge in [-0.15, -0.1) is 0 Å². The number of nitrogens with zero attached hydrogens (tertiary/aromatic N) is 1. The van der Waals surface area contributed by atoms with Crippen LogP contribution in [-0.4, -0.2) is 78.8 Å². The average Bonchev–Trinajstić information content (AvgIpc) is 3.09. The number of hydrogen-bond donors (Lipinski definition) is 5. The second kappa shape index (κ2) is 18.1. The van der Waals surface area contributed by atoms with Crippen LogP contribution < -0.4 is 21.1 Å². The van der Waals surface area contributed by atoms with Gasteiger partial charge in [-0.05, 0) is 56.4 Å². The van der Waals surface area contributed by atoms with E-state index in [1.54, 1.807) is 32.9 Å². The zero-order valence-electron chi connectivity index (χ0n) is 29.7. The molecule has 3 rings (SSSR count). The number of aliphatic hydroxyl groups excluding tert-OH is 1. The van der Waals surface area contributed by atoms with E-state index in [0.717, 1.165) is 0 Å². The minimum absolute atomic E-state index is 0.0295. The molecule has 15 nitrogen and oxygen atoms in total. The highest BCUT2D eigenvalue weighted by Gasteiger charge is 2.30. The summed E-state index contributed by atoms with van der Waals surface area (Å²) in [5.41, 5.74) is 6.44. The van der Waals surface area contributed by atoms with E-state index in [0.29, 0.717) is 12.0 Å². The van der Waals surface area contributed by atoms with Gasteiger partial charge in [0.25, 0.3) is 17.5 Å². The number of methoxy groups -OCH3 is 3. The number of allylic oxidation sites excluding steroid dienone is 2. The molecule has 1 aliphatic heterocycles. The molecular formula is C36H46N4O11. The van der Waals surface area contributed by atoms with E-state index in [4.69, 9.17) is 24.7 Å². The summed E-state index contributed by atoms with van der Waals surface area (Å²) in [5, 5.41) is 39.4. The third-order valence-corrected chi connectivity index (χ3v) is 8.59. The van der Waals surface area contributed by atoms with Gasteiger partial charge in [0.15, 0.2) is 6.10 Å². The molecule has 6 atom stereocenters. The molecule has 6 N–H and O–H groups in total. The number of phenolic OH excluding ortho intramolecular Hbond substituents is 1. The van der Waals surface area contributed by atoms with Gasteiger partial charge in [-0.3, -0.25) is 19.7 Å². The first-order chi connectivity index (χ1) is 24.1. The first-order valence-electron chi connectivity index (χ1n) is 16.1. The second-order valence-corrected chi connectivity index (χ2v) is 12.4. The van der Waals surface area contributed by atoms with Crippen molar-refractivity contribution in [1.29, 1.82) is 0 Å². The fourth-order valence-corrected chi connectivity index (χ4v) is 5.85. The zero-order valence-corrected chi connectivity index (χ0v) is 29.7. The van der Waals surface area contributed by atoms with Crippen LogP contribution in [0.1, 0.15) is 50.0 Å². The Bertz CT molecular complexity index is 1690. The van der Waals surface area contributed by atoms with E-state index in [2.05, 4.69) is 10.6 Å². The van der Waals surface area contributed by atoms with Crippen LogP contribution in [0.4, 0.5) is 21.9 Å². The lowest BCUT2D eigenvalue weighted by molar-refractivity contribution is -0.384. The molecule has 2 aromatic carbocycles. The highest BCUT2D eigenvalue weighted by atomic mass is 16.6. The van der Waals surface area contributed by atoms with E-state index in [1.165, 1.54) is 63.8 Å². The maximum Gasteiger partial charge on any atom is 0.405 e. The maximum absolute atomic E-state index is 13.4. The number of aliphatic hydroxyl groups is 1. The third-order valence-electron chi connectivity index (χ3n) is 8.59. The minimum atomic E-state index is -1.02. The quantitative estimate of drug-likeness (QED) is 0.0844. The van der Waals surface area contributed by atoms with Crippen molar-refractivity contribution < 1.29 is 48.5 Å². The molecular weight excluding hydrogens is 664 g/mol. The summed E-state index contributed by atoms with van der Waals surface area (Å²) in [4.78, 5) is 49.0. The molecule has 0 unspecified atom stereocenters. The molecule has 1 heterocycles. The lowest BCUT2D eigenvalue weighted by Gasteiger charge is -2.29. The Morgan fingerprint density at radius 2 is 1.76 bits per heavy atom. The SMILES string of the molecule is COc1c(NC(=O)c2ccc([N+](=O)[O-])cc2)cc2c(O)c1C[C@@H](C)C[C@H](OC)[C@H](O)[C@@H](C)/C=C(\C)[C@H](OC(N)=O)[C@@H](OC)/C=C\C=C(/C)C(=O)N2. The van der Waals surface area contributed by atoms with Crippen molar-refractivity contribution in [2.24, 2.45) is 17.6 Å². The zero-order chi connectivity index (χ0) is 38.0. The smallest absolute Gasteiger partial charge is 0.405 e. The van der Waals surface area contributed by atoms with Crippen LogP contribution in [0, 0.1) is 22.0 Å². The largest absolute Gasteiger partial charge is 0.505 e. The number of phenols is 1. The van der Waals surface area contributed by atoms with Crippen molar-refractivity contribution in [3.63, 3.8) is 0 Å². The van der Waals surface area contributed by atoms with Gasteiger partial charge in [0.2, 0.25) is 0 Å². The molecule has 51 heavy (non-hydrogen) atoms. The lowest BCUT2D eigenvalue weighted by Crippen LogP contribution is -2.37. The molecule has 2 aromatic rings. The number of ether oxygens (including phenoxy) is 4. The number of amides is 3. The molecule has 0 aliphatic carbocycles. The summed E-state index contributed by atoms with van der Waals surface area (Å²) >= 11 is 0. The predicted molar refractivity (Wildman–Crippen MR) is 190 cm³/mol. The van der Waals surface area contributed by atoms with Crippen molar-refractivity contribution in [2.75, 3.05) is 32.0 Å². The first kappa shape index (κ1) is 40.2. The number of anilines is 2. The predicted octanol–water partition coefficient (Wildman–Crippen LogP) is 5.02. The van der Waals surface area contributed by atoms with Crippen LogP contribution >= 0.6 is 0 Å². The van der Waals surface area contributed by atoms with Crippen molar-refractivity contribution in [1.82, 2.24) is 0 Å². The molecule has 0 radical (unpaired) electrons. The highest BCUT2D eigenvalue weighted by Crippen LogP contribution is 2.43.